The Morgan fingerprint density at radius 3 is 2.50 bits per heavy atom. The molecule has 1 rings (SSSR count). The van der Waals surface area contributed by atoms with Gasteiger partial charge in [0, 0.05) is 25.2 Å². The zero-order valence-electron chi connectivity index (χ0n) is 10.2. The van der Waals surface area contributed by atoms with E-state index in [2.05, 4.69) is 37.9 Å². The summed E-state index contributed by atoms with van der Waals surface area (Å²) in [6, 6.07) is 1.53. The molecule has 2 heteroatoms. The monoisotopic (exact) mass is 198 g/mol. The van der Waals surface area contributed by atoms with Crippen LogP contribution in [0.5, 0.6) is 0 Å². The second-order valence-electron chi connectivity index (χ2n) is 4.76. The summed E-state index contributed by atoms with van der Waals surface area (Å²) in [5, 5.41) is 3.47. The lowest BCUT2D eigenvalue weighted by Gasteiger charge is -2.31. The largest absolute Gasteiger partial charge is 0.315 e. The molecule has 3 unspecified atom stereocenters. The number of hydrogen-bond donors (Lipinski definition) is 1. The Labute approximate surface area is 89.1 Å². The highest BCUT2D eigenvalue weighted by atomic mass is 15.2. The average Bonchev–Trinajstić information content (AvgIpc) is 2.47. The van der Waals surface area contributed by atoms with E-state index in [1.165, 1.54) is 19.4 Å². The highest BCUT2D eigenvalue weighted by Gasteiger charge is 2.30. The summed E-state index contributed by atoms with van der Waals surface area (Å²) in [7, 11) is 0. The van der Waals surface area contributed by atoms with E-state index in [9.17, 15) is 0 Å². The predicted octanol–water partition coefficient (Wildman–Crippen LogP) is 2.10. The second kappa shape index (κ2) is 5.72. The second-order valence-corrected chi connectivity index (χ2v) is 4.76. The van der Waals surface area contributed by atoms with Crippen LogP contribution in [-0.4, -0.2) is 36.6 Å². The summed E-state index contributed by atoms with van der Waals surface area (Å²) in [5.74, 6) is 0.890. The van der Waals surface area contributed by atoms with Gasteiger partial charge < -0.3 is 5.32 Å². The van der Waals surface area contributed by atoms with Crippen molar-refractivity contribution in [3.05, 3.63) is 0 Å². The Hall–Kier alpha value is -0.0800. The number of rotatable bonds is 5. The number of hydrogen-bond acceptors (Lipinski definition) is 2. The van der Waals surface area contributed by atoms with Crippen LogP contribution in [0.1, 0.15) is 40.5 Å². The molecule has 1 aliphatic rings. The van der Waals surface area contributed by atoms with E-state index in [-0.39, 0.29) is 0 Å². The zero-order valence-corrected chi connectivity index (χ0v) is 10.2. The van der Waals surface area contributed by atoms with Crippen LogP contribution in [0.2, 0.25) is 0 Å². The predicted molar refractivity (Wildman–Crippen MR) is 62.6 cm³/mol. The fourth-order valence-electron chi connectivity index (χ4n) is 2.65. The van der Waals surface area contributed by atoms with Crippen LogP contribution in [0.3, 0.4) is 0 Å². The van der Waals surface area contributed by atoms with Crippen molar-refractivity contribution in [1.82, 2.24) is 10.2 Å². The first-order chi connectivity index (χ1) is 6.69. The summed E-state index contributed by atoms with van der Waals surface area (Å²) >= 11 is 0. The molecular formula is C12H26N2. The molecule has 14 heavy (non-hydrogen) atoms. The number of nitrogens with one attached hydrogen (secondary N) is 1. The van der Waals surface area contributed by atoms with Crippen molar-refractivity contribution in [2.75, 3.05) is 19.6 Å². The number of likely N-dealkylation sites (N-methyl/N-ethyl adjacent to an activating group) is 1. The van der Waals surface area contributed by atoms with Crippen molar-refractivity contribution < 1.29 is 0 Å². The van der Waals surface area contributed by atoms with Crippen LogP contribution in [-0.2, 0) is 0 Å². The molecule has 3 atom stereocenters. The fourth-order valence-corrected chi connectivity index (χ4v) is 2.65. The van der Waals surface area contributed by atoms with Gasteiger partial charge in [-0.05, 0) is 32.2 Å². The first-order valence-electron chi connectivity index (χ1n) is 6.15. The number of nitrogens with zero attached hydrogens (tertiary/aromatic N) is 1. The van der Waals surface area contributed by atoms with Gasteiger partial charge in [-0.25, -0.2) is 0 Å². The average molecular weight is 198 g/mol. The van der Waals surface area contributed by atoms with E-state index in [1.807, 2.05) is 0 Å². The van der Waals surface area contributed by atoms with Crippen LogP contribution in [0.4, 0.5) is 0 Å². The van der Waals surface area contributed by atoms with Gasteiger partial charge >= 0.3 is 0 Å². The highest BCUT2D eigenvalue weighted by Crippen LogP contribution is 2.25. The van der Waals surface area contributed by atoms with Gasteiger partial charge in [-0.2, -0.15) is 0 Å². The van der Waals surface area contributed by atoms with Gasteiger partial charge in [0.05, 0.1) is 0 Å². The molecule has 0 amide bonds. The summed E-state index contributed by atoms with van der Waals surface area (Å²) in [5.41, 5.74) is 0. The van der Waals surface area contributed by atoms with Crippen LogP contribution in [0.25, 0.3) is 0 Å². The van der Waals surface area contributed by atoms with Gasteiger partial charge in [0.15, 0.2) is 0 Å². The molecule has 0 spiro atoms. The standard InChI is InChI=1S/C12H26N2/c1-5-12(8-13-6-2)14-9-10(3)7-11(14)4/h10-13H,5-9H2,1-4H3. The Kier molecular flexibility index (Phi) is 4.90. The third-order valence-electron chi connectivity index (χ3n) is 3.40. The molecule has 0 aliphatic carbocycles. The van der Waals surface area contributed by atoms with Gasteiger partial charge in [-0.3, -0.25) is 4.90 Å². The first kappa shape index (κ1) is 12.0. The molecule has 1 aliphatic heterocycles. The molecule has 0 aromatic rings. The molecule has 1 N–H and O–H groups in total. The summed E-state index contributed by atoms with van der Waals surface area (Å²) in [6.45, 7) is 12.8. The lowest BCUT2D eigenvalue weighted by molar-refractivity contribution is 0.178. The van der Waals surface area contributed by atoms with Crippen LogP contribution < -0.4 is 5.32 Å². The van der Waals surface area contributed by atoms with E-state index in [0.717, 1.165) is 31.1 Å². The Morgan fingerprint density at radius 2 is 2.07 bits per heavy atom. The molecule has 2 nitrogen and oxygen atoms in total. The van der Waals surface area contributed by atoms with Gasteiger partial charge in [0.25, 0.3) is 0 Å². The van der Waals surface area contributed by atoms with Crippen molar-refractivity contribution in [3.8, 4) is 0 Å². The van der Waals surface area contributed by atoms with Crippen molar-refractivity contribution in [2.24, 2.45) is 5.92 Å². The van der Waals surface area contributed by atoms with E-state index >= 15 is 0 Å². The molecule has 1 fully saturated rings. The topological polar surface area (TPSA) is 15.3 Å². The Morgan fingerprint density at radius 1 is 1.36 bits per heavy atom. The maximum Gasteiger partial charge on any atom is 0.0220 e. The fraction of sp³-hybridized carbons (Fsp3) is 1.00. The molecule has 1 saturated heterocycles. The molecule has 0 bridgehead atoms. The Balaban J connectivity index is 2.43. The molecule has 0 radical (unpaired) electrons. The van der Waals surface area contributed by atoms with Crippen molar-refractivity contribution in [1.29, 1.82) is 0 Å². The lowest BCUT2D eigenvalue weighted by Crippen LogP contribution is -2.43. The van der Waals surface area contributed by atoms with Crippen LogP contribution in [0.15, 0.2) is 0 Å². The van der Waals surface area contributed by atoms with Crippen molar-refractivity contribution >= 4 is 0 Å². The van der Waals surface area contributed by atoms with Gasteiger partial charge in [-0.1, -0.05) is 20.8 Å². The van der Waals surface area contributed by atoms with Crippen molar-refractivity contribution in [3.63, 3.8) is 0 Å². The molecule has 84 valence electrons. The SMILES string of the molecule is CCNCC(CC)N1CC(C)CC1C. The van der Waals surface area contributed by atoms with E-state index in [1.54, 1.807) is 0 Å². The minimum atomic E-state index is 0.745. The van der Waals surface area contributed by atoms with Gasteiger partial charge in [0.2, 0.25) is 0 Å². The first-order valence-corrected chi connectivity index (χ1v) is 6.15. The van der Waals surface area contributed by atoms with E-state index < -0.39 is 0 Å². The maximum absolute atomic E-state index is 3.47. The third-order valence-corrected chi connectivity index (χ3v) is 3.40. The normalized spacial score (nSPS) is 30.9. The van der Waals surface area contributed by atoms with Crippen LogP contribution in [0, 0.1) is 5.92 Å². The minimum absolute atomic E-state index is 0.745. The highest BCUT2D eigenvalue weighted by molar-refractivity contribution is 4.85. The van der Waals surface area contributed by atoms with Crippen molar-refractivity contribution in [2.45, 2.75) is 52.6 Å². The van der Waals surface area contributed by atoms with E-state index in [0.29, 0.717) is 0 Å². The molecule has 0 saturated carbocycles. The Bertz CT molecular complexity index is 158. The maximum atomic E-state index is 3.47. The molecular weight excluding hydrogens is 172 g/mol. The van der Waals surface area contributed by atoms with Crippen LogP contribution >= 0.6 is 0 Å². The minimum Gasteiger partial charge on any atom is -0.315 e. The quantitative estimate of drug-likeness (QED) is 0.728. The van der Waals surface area contributed by atoms with E-state index in [4.69, 9.17) is 0 Å². The third kappa shape index (κ3) is 2.96. The molecule has 1 heterocycles. The summed E-state index contributed by atoms with van der Waals surface area (Å²) in [6.07, 6.45) is 2.65. The summed E-state index contributed by atoms with van der Waals surface area (Å²) < 4.78 is 0. The number of likely N-dealkylation sites (tertiary alicyclic amines) is 1. The molecule has 0 aromatic heterocycles. The van der Waals surface area contributed by atoms with Gasteiger partial charge in [-0.15, -0.1) is 0 Å². The lowest BCUT2D eigenvalue weighted by atomic mass is 10.1. The van der Waals surface area contributed by atoms with Gasteiger partial charge in [0.1, 0.15) is 0 Å². The molecule has 0 aromatic carbocycles. The summed E-state index contributed by atoms with van der Waals surface area (Å²) in [4.78, 5) is 2.69. The smallest absolute Gasteiger partial charge is 0.0220 e. The zero-order chi connectivity index (χ0) is 10.6.